The topological polar surface area (TPSA) is 92.2 Å². The molecule has 31 heavy (non-hydrogen) atoms. The number of rotatable bonds is 5. The lowest BCUT2D eigenvalue weighted by atomic mass is 10.2. The van der Waals surface area contributed by atoms with Crippen molar-refractivity contribution in [2.75, 3.05) is 6.61 Å². The molecule has 0 bridgehead atoms. The standard InChI is InChI=1S/C22H19BrN4O4/c23-15-6-3-5-14(11-15)20-24-19(31-25-20)13-26-18-9-2-1-8-17(18)21(28)27(22(26)29)12-16-7-4-10-30-16/h1-3,5-6,8-9,11,16H,4,7,10,12-13H2. The first kappa shape index (κ1) is 19.9. The molecule has 0 N–H and O–H groups in total. The van der Waals surface area contributed by atoms with Crippen molar-refractivity contribution in [3.8, 4) is 11.4 Å². The molecule has 1 aliphatic rings. The summed E-state index contributed by atoms with van der Waals surface area (Å²) in [5, 5.41) is 4.51. The largest absolute Gasteiger partial charge is 0.376 e. The van der Waals surface area contributed by atoms with Crippen LogP contribution in [0.4, 0.5) is 0 Å². The van der Waals surface area contributed by atoms with Crippen molar-refractivity contribution in [3.63, 3.8) is 0 Å². The quantitative estimate of drug-likeness (QED) is 0.433. The van der Waals surface area contributed by atoms with Gasteiger partial charge in [0.2, 0.25) is 11.7 Å². The van der Waals surface area contributed by atoms with Crippen molar-refractivity contribution in [2.24, 2.45) is 0 Å². The number of halogens is 1. The minimum Gasteiger partial charge on any atom is -0.376 e. The van der Waals surface area contributed by atoms with Crippen LogP contribution in [-0.4, -0.2) is 32.0 Å². The summed E-state index contributed by atoms with van der Waals surface area (Å²) >= 11 is 3.43. The maximum Gasteiger partial charge on any atom is 0.332 e. The van der Waals surface area contributed by atoms with E-state index in [-0.39, 0.29) is 30.6 Å². The molecule has 8 nitrogen and oxygen atoms in total. The summed E-state index contributed by atoms with van der Waals surface area (Å²) in [7, 11) is 0. The fourth-order valence-electron chi connectivity index (χ4n) is 3.88. The summed E-state index contributed by atoms with van der Waals surface area (Å²) in [6.45, 7) is 0.948. The summed E-state index contributed by atoms with van der Waals surface area (Å²) in [6.07, 6.45) is 1.63. The molecule has 2 aromatic carbocycles. The average molecular weight is 483 g/mol. The Morgan fingerprint density at radius 1 is 1.10 bits per heavy atom. The Morgan fingerprint density at radius 3 is 2.77 bits per heavy atom. The average Bonchev–Trinajstić information content (AvgIpc) is 3.46. The molecule has 3 heterocycles. The molecule has 0 saturated carbocycles. The summed E-state index contributed by atoms with van der Waals surface area (Å²) < 4.78 is 14.7. The highest BCUT2D eigenvalue weighted by Crippen LogP contribution is 2.21. The summed E-state index contributed by atoms with van der Waals surface area (Å²) in [4.78, 5) is 30.7. The van der Waals surface area contributed by atoms with Gasteiger partial charge in [-0.3, -0.25) is 13.9 Å². The molecular weight excluding hydrogens is 464 g/mol. The molecule has 5 rings (SSSR count). The first-order valence-electron chi connectivity index (χ1n) is 10.0. The van der Waals surface area contributed by atoms with Crippen LogP contribution in [0.2, 0.25) is 0 Å². The number of fused-ring (bicyclic) bond motifs is 1. The van der Waals surface area contributed by atoms with E-state index in [4.69, 9.17) is 9.26 Å². The molecule has 2 aromatic heterocycles. The van der Waals surface area contributed by atoms with Gasteiger partial charge < -0.3 is 9.26 Å². The van der Waals surface area contributed by atoms with Crippen LogP contribution in [0.25, 0.3) is 22.3 Å². The van der Waals surface area contributed by atoms with Gasteiger partial charge in [0.25, 0.3) is 5.56 Å². The SMILES string of the molecule is O=c1c2ccccc2n(Cc2nc(-c3cccc(Br)c3)no2)c(=O)n1CC1CCCO1. The van der Waals surface area contributed by atoms with Gasteiger partial charge in [0, 0.05) is 16.6 Å². The Morgan fingerprint density at radius 2 is 1.97 bits per heavy atom. The van der Waals surface area contributed by atoms with Crippen LogP contribution in [-0.2, 0) is 17.8 Å². The second-order valence-electron chi connectivity index (χ2n) is 7.46. The Balaban J connectivity index is 1.56. The number of para-hydroxylation sites is 1. The highest BCUT2D eigenvalue weighted by Gasteiger charge is 2.21. The van der Waals surface area contributed by atoms with E-state index in [1.54, 1.807) is 24.3 Å². The molecule has 1 unspecified atom stereocenters. The molecule has 0 aliphatic carbocycles. The Bertz CT molecular complexity index is 1370. The van der Waals surface area contributed by atoms with E-state index in [2.05, 4.69) is 26.1 Å². The van der Waals surface area contributed by atoms with Gasteiger partial charge in [0.1, 0.15) is 6.54 Å². The zero-order valence-corrected chi connectivity index (χ0v) is 18.1. The van der Waals surface area contributed by atoms with E-state index >= 15 is 0 Å². The van der Waals surface area contributed by atoms with E-state index < -0.39 is 5.69 Å². The second-order valence-corrected chi connectivity index (χ2v) is 8.37. The van der Waals surface area contributed by atoms with Crippen LogP contribution in [0.3, 0.4) is 0 Å². The fourth-order valence-corrected chi connectivity index (χ4v) is 4.28. The number of aromatic nitrogens is 4. The molecular formula is C22H19BrN4O4. The molecule has 1 saturated heterocycles. The van der Waals surface area contributed by atoms with Gasteiger partial charge in [-0.15, -0.1) is 0 Å². The number of hydrogen-bond acceptors (Lipinski definition) is 6. The molecule has 0 radical (unpaired) electrons. The Labute approximate surface area is 185 Å². The van der Waals surface area contributed by atoms with E-state index in [1.165, 1.54) is 9.13 Å². The predicted molar refractivity (Wildman–Crippen MR) is 118 cm³/mol. The van der Waals surface area contributed by atoms with Gasteiger partial charge in [-0.25, -0.2) is 4.79 Å². The summed E-state index contributed by atoms with van der Waals surface area (Å²) in [5.41, 5.74) is 0.599. The highest BCUT2D eigenvalue weighted by atomic mass is 79.9. The summed E-state index contributed by atoms with van der Waals surface area (Å²) in [5.74, 6) is 0.714. The van der Waals surface area contributed by atoms with Gasteiger partial charge >= 0.3 is 5.69 Å². The monoisotopic (exact) mass is 482 g/mol. The van der Waals surface area contributed by atoms with Crippen LogP contribution in [0.5, 0.6) is 0 Å². The Hall–Kier alpha value is -3.04. The molecule has 4 aromatic rings. The lowest BCUT2D eigenvalue weighted by molar-refractivity contribution is 0.0948. The van der Waals surface area contributed by atoms with Crippen molar-refractivity contribution in [1.29, 1.82) is 0 Å². The van der Waals surface area contributed by atoms with Crippen molar-refractivity contribution in [2.45, 2.75) is 32.0 Å². The predicted octanol–water partition coefficient (Wildman–Crippen LogP) is 3.20. The van der Waals surface area contributed by atoms with Crippen molar-refractivity contribution >= 4 is 26.8 Å². The van der Waals surface area contributed by atoms with Gasteiger partial charge in [-0.1, -0.05) is 45.4 Å². The van der Waals surface area contributed by atoms with E-state index in [0.717, 1.165) is 22.9 Å². The molecule has 1 atom stereocenters. The second kappa shape index (κ2) is 8.24. The molecule has 0 amide bonds. The minimum atomic E-state index is -0.415. The molecule has 0 spiro atoms. The highest BCUT2D eigenvalue weighted by molar-refractivity contribution is 9.10. The van der Waals surface area contributed by atoms with Crippen LogP contribution in [0, 0.1) is 0 Å². The lowest BCUT2D eigenvalue weighted by Gasteiger charge is -2.15. The van der Waals surface area contributed by atoms with Gasteiger partial charge in [-0.2, -0.15) is 4.98 Å². The molecule has 1 fully saturated rings. The van der Waals surface area contributed by atoms with Crippen LogP contribution in [0.15, 0.2) is 67.1 Å². The minimum absolute atomic E-state index is 0.0617. The van der Waals surface area contributed by atoms with Gasteiger partial charge in [0.05, 0.1) is 23.6 Å². The molecule has 158 valence electrons. The van der Waals surface area contributed by atoms with Crippen molar-refractivity contribution in [3.05, 3.63) is 79.7 Å². The third-order valence-corrected chi connectivity index (χ3v) is 5.88. The van der Waals surface area contributed by atoms with Crippen LogP contribution >= 0.6 is 15.9 Å². The van der Waals surface area contributed by atoms with Crippen molar-refractivity contribution < 1.29 is 9.26 Å². The third-order valence-electron chi connectivity index (χ3n) is 5.39. The van der Waals surface area contributed by atoms with Crippen LogP contribution in [0.1, 0.15) is 18.7 Å². The fraction of sp³-hybridized carbons (Fsp3) is 0.273. The number of nitrogens with zero attached hydrogens (tertiary/aromatic N) is 4. The molecule has 9 heteroatoms. The van der Waals surface area contributed by atoms with E-state index in [1.807, 2.05) is 24.3 Å². The summed E-state index contributed by atoms with van der Waals surface area (Å²) in [6, 6.07) is 14.6. The van der Waals surface area contributed by atoms with E-state index in [0.29, 0.717) is 23.3 Å². The van der Waals surface area contributed by atoms with Crippen LogP contribution < -0.4 is 11.2 Å². The number of hydrogen-bond donors (Lipinski definition) is 0. The van der Waals surface area contributed by atoms with E-state index in [9.17, 15) is 9.59 Å². The zero-order valence-electron chi connectivity index (χ0n) is 16.5. The lowest BCUT2D eigenvalue weighted by Crippen LogP contribution is -2.42. The normalized spacial score (nSPS) is 16.2. The Kier molecular flexibility index (Phi) is 5.29. The van der Waals surface area contributed by atoms with Gasteiger partial charge in [-0.05, 0) is 37.1 Å². The molecule has 1 aliphatic heterocycles. The maximum atomic E-state index is 13.3. The van der Waals surface area contributed by atoms with Crippen molar-refractivity contribution in [1.82, 2.24) is 19.3 Å². The zero-order chi connectivity index (χ0) is 21.4. The maximum absolute atomic E-state index is 13.3. The first-order valence-corrected chi connectivity index (χ1v) is 10.8. The number of ether oxygens (including phenoxy) is 1. The first-order chi connectivity index (χ1) is 15.1. The third kappa shape index (κ3) is 3.86. The number of benzene rings is 2. The smallest absolute Gasteiger partial charge is 0.332 e. The van der Waals surface area contributed by atoms with Gasteiger partial charge in [0.15, 0.2) is 0 Å².